The second-order valence-corrected chi connectivity index (χ2v) is 10.3. The van der Waals surface area contributed by atoms with E-state index in [2.05, 4.69) is 53.9 Å². The zero-order valence-corrected chi connectivity index (χ0v) is 21.0. The van der Waals surface area contributed by atoms with Gasteiger partial charge in [-0.2, -0.15) is 0 Å². The highest BCUT2D eigenvalue weighted by Crippen LogP contribution is 2.28. The lowest BCUT2D eigenvalue weighted by Gasteiger charge is -2.32. The molecule has 6 heteroatoms. The minimum atomic E-state index is 0.233. The average molecular weight is 478 g/mol. The number of benzene rings is 2. The van der Waals surface area contributed by atoms with Gasteiger partial charge >= 0.3 is 0 Å². The number of rotatable bonds is 10. The summed E-state index contributed by atoms with van der Waals surface area (Å²) in [6.45, 7) is 7.51. The van der Waals surface area contributed by atoms with Crippen LogP contribution >= 0.6 is 11.8 Å². The summed E-state index contributed by atoms with van der Waals surface area (Å²) >= 11 is 1.65. The molecule has 0 bridgehead atoms. The molecule has 0 N–H and O–H groups in total. The molecule has 0 unspecified atom stereocenters. The summed E-state index contributed by atoms with van der Waals surface area (Å²) in [7, 11) is 0. The number of likely N-dealkylation sites (tertiary alicyclic amines) is 1. The summed E-state index contributed by atoms with van der Waals surface area (Å²) in [6.07, 6.45) is 5.93. The molecule has 2 heterocycles. The molecule has 1 aromatic heterocycles. The molecule has 0 atom stereocenters. The molecule has 0 aliphatic carbocycles. The molecular weight excluding hydrogens is 442 g/mol. The summed E-state index contributed by atoms with van der Waals surface area (Å²) in [5.41, 5.74) is 2.66. The van der Waals surface area contributed by atoms with Crippen molar-refractivity contribution in [2.75, 3.05) is 31.2 Å². The first-order chi connectivity index (χ1) is 16.6. The molecule has 2 aromatic carbocycles. The van der Waals surface area contributed by atoms with E-state index in [0.29, 0.717) is 24.2 Å². The van der Waals surface area contributed by atoms with E-state index >= 15 is 0 Å². The van der Waals surface area contributed by atoms with Gasteiger partial charge in [0.05, 0.1) is 12.4 Å². The van der Waals surface area contributed by atoms with E-state index in [1.807, 2.05) is 41.4 Å². The SMILES string of the molecule is CC(C)c1ccc(Cn2ccnc2C2CCN(C(=O)CSCCOc3ccccc3)CC2)cc1. The van der Waals surface area contributed by atoms with Crippen molar-refractivity contribution in [1.82, 2.24) is 14.5 Å². The lowest BCUT2D eigenvalue weighted by atomic mass is 9.95. The minimum absolute atomic E-state index is 0.233. The van der Waals surface area contributed by atoms with Gasteiger partial charge in [-0.15, -0.1) is 11.8 Å². The lowest BCUT2D eigenvalue weighted by Crippen LogP contribution is -2.39. The summed E-state index contributed by atoms with van der Waals surface area (Å²) in [5, 5.41) is 0. The maximum absolute atomic E-state index is 12.7. The maximum atomic E-state index is 12.7. The Labute approximate surface area is 207 Å². The number of hydrogen-bond donors (Lipinski definition) is 0. The third-order valence-corrected chi connectivity index (χ3v) is 7.33. The predicted octanol–water partition coefficient (Wildman–Crippen LogP) is 5.57. The Balaban J connectivity index is 1.20. The second kappa shape index (κ2) is 12.1. The molecule has 1 aliphatic heterocycles. The van der Waals surface area contributed by atoms with Gasteiger partial charge in [0.25, 0.3) is 0 Å². The molecule has 1 saturated heterocycles. The average Bonchev–Trinajstić information content (AvgIpc) is 3.33. The normalized spacial score (nSPS) is 14.5. The largest absolute Gasteiger partial charge is 0.493 e. The lowest BCUT2D eigenvalue weighted by molar-refractivity contribution is -0.129. The van der Waals surface area contributed by atoms with Crippen LogP contribution in [0.3, 0.4) is 0 Å². The summed E-state index contributed by atoms with van der Waals surface area (Å²) < 4.78 is 7.98. The Hall–Kier alpha value is -2.73. The van der Waals surface area contributed by atoms with Gasteiger partial charge in [0.15, 0.2) is 0 Å². The zero-order valence-electron chi connectivity index (χ0n) is 20.2. The van der Waals surface area contributed by atoms with Crippen LogP contribution in [0, 0.1) is 0 Å². The number of nitrogens with zero attached hydrogens (tertiary/aromatic N) is 3. The van der Waals surface area contributed by atoms with Crippen LogP contribution in [0.25, 0.3) is 0 Å². The Kier molecular flexibility index (Phi) is 8.69. The highest BCUT2D eigenvalue weighted by atomic mass is 32.2. The van der Waals surface area contributed by atoms with E-state index in [1.165, 1.54) is 11.1 Å². The van der Waals surface area contributed by atoms with E-state index in [1.54, 1.807) is 11.8 Å². The van der Waals surface area contributed by atoms with Crippen molar-refractivity contribution in [3.63, 3.8) is 0 Å². The number of para-hydroxylation sites is 1. The fraction of sp³-hybridized carbons (Fsp3) is 0.429. The van der Waals surface area contributed by atoms with Crippen LogP contribution < -0.4 is 4.74 Å². The number of amides is 1. The number of piperidine rings is 1. The minimum Gasteiger partial charge on any atom is -0.493 e. The van der Waals surface area contributed by atoms with E-state index < -0.39 is 0 Å². The number of thioether (sulfide) groups is 1. The number of carbonyl (C=O) groups is 1. The van der Waals surface area contributed by atoms with E-state index in [9.17, 15) is 4.79 Å². The summed E-state index contributed by atoms with van der Waals surface area (Å²) in [4.78, 5) is 19.4. The molecule has 4 rings (SSSR count). The van der Waals surface area contributed by atoms with Crippen LogP contribution in [0.5, 0.6) is 5.75 Å². The van der Waals surface area contributed by atoms with Gasteiger partial charge in [-0.1, -0.05) is 56.3 Å². The number of imidazole rings is 1. The molecule has 0 saturated carbocycles. The van der Waals surface area contributed by atoms with Gasteiger partial charge in [0, 0.05) is 43.7 Å². The van der Waals surface area contributed by atoms with E-state index in [4.69, 9.17) is 4.74 Å². The standard InChI is InChI=1S/C28H35N3O2S/c1-22(2)24-10-8-23(9-11-24)20-31-17-14-29-28(31)25-12-15-30(16-13-25)27(32)21-34-19-18-33-26-6-4-3-5-7-26/h3-11,14,17,22,25H,12-13,15-16,18-21H2,1-2H3. The Morgan fingerprint density at radius 1 is 1.09 bits per heavy atom. The molecule has 0 spiro atoms. The molecule has 180 valence electrons. The molecule has 5 nitrogen and oxygen atoms in total. The highest BCUT2D eigenvalue weighted by molar-refractivity contribution is 7.99. The van der Waals surface area contributed by atoms with Crippen molar-refractivity contribution >= 4 is 17.7 Å². The van der Waals surface area contributed by atoms with Crippen molar-refractivity contribution in [2.24, 2.45) is 0 Å². The van der Waals surface area contributed by atoms with Crippen LogP contribution in [0.15, 0.2) is 67.0 Å². The highest BCUT2D eigenvalue weighted by Gasteiger charge is 2.26. The molecule has 1 aliphatic rings. The molecule has 34 heavy (non-hydrogen) atoms. The molecule has 1 amide bonds. The first-order valence-electron chi connectivity index (χ1n) is 12.2. The fourth-order valence-electron chi connectivity index (χ4n) is 4.39. The van der Waals surface area contributed by atoms with Crippen LogP contribution in [-0.4, -0.2) is 51.6 Å². The molecule has 1 fully saturated rings. The van der Waals surface area contributed by atoms with Gasteiger partial charge < -0.3 is 14.2 Å². The summed E-state index contributed by atoms with van der Waals surface area (Å²) in [5.74, 6) is 4.54. The number of hydrogen-bond acceptors (Lipinski definition) is 4. The van der Waals surface area contributed by atoms with Crippen molar-refractivity contribution in [1.29, 1.82) is 0 Å². The number of ether oxygens (including phenoxy) is 1. The number of aromatic nitrogens is 2. The van der Waals surface area contributed by atoms with Gasteiger partial charge in [0.2, 0.25) is 5.91 Å². The quantitative estimate of drug-likeness (QED) is 0.358. The second-order valence-electron chi connectivity index (χ2n) is 9.18. The van der Waals surface area contributed by atoms with Crippen LogP contribution in [-0.2, 0) is 11.3 Å². The van der Waals surface area contributed by atoms with Gasteiger partial charge in [-0.3, -0.25) is 4.79 Å². The van der Waals surface area contributed by atoms with Gasteiger partial charge in [0.1, 0.15) is 11.6 Å². The van der Waals surface area contributed by atoms with Gasteiger partial charge in [-0.25, -0.2) is 4.98 Å². The predicted molar refractivity (Wildman–Crippen MR) is 140 cm³/mol. The Bertz CT molecular complexity index is 1030. The Morgan fingerprint density at radius 3 is 2.53 bits per heavy atom. The Morgan fingerprint density at radius 2 is 1.82 bits per heavy atom. The first kappa shape index (κ1) is 24.4. The van der Waals surface area contributed by atoms with E-state index in [-0.39, 0.29) is 5.91 Å². The summed E-state index contributed by atoms with van der Waals surface area (Å²) in [6, 6.07) is 18.7. The van der Waals surface area contributed by atoms with Crippen LogP contribution in [0.4, 0.5) is 0 Å². The first-order valence-corrected chi connectivity index (χ1v) is 13.4. The molecule has 0 radical (unpaired) electrons. The zero-order chi connectivity index (χ0) is 23.8. The topological polar surface area (TPSA) is 47.4 Å². The van der Waals surface area contributed by atoms with Crippen molar-refractivity contribution in [3.8, 4) is 5.75 Å². The van der Waals surface area contributed by atoms with Gasteiger partial charge in [-0.05, 0) is 42.0 Å². The third kappa shape index (κ3) is 6.66. The smallest absolute Gasteiger partial charge is 0.232 e. The van der Waals surface area contributed by atoms with Crippen molar-refractivity contribution in [2.45, 2.75) is 45.1 Å². The fourth-order valence-corrected chi connectivity index (χ4v) is 5.09. The number of carbonyl (C=O) groups excluding carboxylic acids is 1. The van der Waals surface area contributed by atoms with E-state index in [0.717, 1.165) is 49.8 Å². The third-order valence-electron chi connectivity index (χ3n) is 6.42. The monoisotopic (exact) mass is 477 g/mol. The van der Waals surface area contributed by atoms with Crippen molar-refractivity contribution in [3.05, 3.63) is 83.9 Å². The van der Waals surface area contributed by atoms with Crippen LogP contribution in [0.1, 0.15) is 55.5 Å². The molecule has 3 aromatic rings. The van der Waals surface area contributed by atoms with Crippen molar-refractivity contribution < 1.29 is 9.53 Å². The maximum Gasteiger partial charge on any atom is 0.232 e. The van der Waals surface area contributed by atoms with Crippen LogP contribution in [0.2, 0.25) is 0 Å². The molecular formula is C28H35N3O2S.